The van der Waals surface area contributed by atoms with Crippen LogP contribution in [0.4, 0.5) is 4.39 Å². The molecule has 0 spiro atoms. The van der Waals surface area contributed by atoms with Crippen molar-refractivity contribution in [1.82, 2.24) is 5.48 Å². The van der Waals surface area contributed by atoms with Gasteiger partial charge in [0, 0.05) is 12.2 Å². The summed E-state index contributed by atoms with van der Waals surface area (Å²) in [6.45, 7) is -0.169. The molecule has 1 aliphatic heterocycles. The van der Waals surface area contributed by atoms with E-state index < -0.39 is 32.4 Å². The fraction of sp³-hybridized carbons (Fsp3) is 0.316. The van der Waals surface area contributed by atoms with E-state index in [1.807, 2.05) is 0 Å². The second-order valence-corrected chi connectivity index (χ2v) is 9.39. The lowest BCUT2D eigenvalue weighted by Crippen LogP contribution is -2.67. The molecule has 1 fully saturated rings. The second kappa shape index (κ2) is 8.86. The Kier molecular flexibility index (Phi) is 6.63. The molecule has 1 amide bonds. The lowest BCUT2D eigenvalue weighted by Gasteiger charge is -2.38. The number of ether oxygens (including phenoxy) is 2. The molecule has 0 bridgehead atoms. The van der Waals surface area contributed by atoms with Gasteiger partial charge in [-0.05, 0) is 42.8 Å². The largest absolute Gasteiger partial charge is 0.489 e. The van der Waals surface area contributed by atoms with E-state index in [-0.39, 0.29) is 36.2 Å². The third-order valence-electron chi connectivity index (χ3n) is 4.90. The highest BCUT2D eigenvalue weighted by atomic mass is 35.5. The average molecular weight is 459 g/mol. The number of hydroxylamine groups is 1. The molecule has 162 valence electrons. The summed E-state index contributed by atoms with van der Waals surface area (Å²) in [7, 11) is -4.02. The SMILES string of the molecule is NC1(C(=O)NO)COCCC1S(=O)(=O)c1ccc(OCc2ccc(F)cc2Cl)cc1. The maximum atomic E-state index is 13.1. The molecule has 4 N–H and O–H groups in total. The van der Waals surface area contributed by atoms with Crippen LogP contribution in [0.3, 0.4) is 0 Å². The van der Waals surface area contributed by atoms with Crippen molar-refractivity contribution in [2.75, 3.05) is 13.2 Å². The molecule has 2 atom stereocenters. The summed E-state index contributed by atoms with van der Waals surface area (Å²) in [6, 6.07) is 9.51. The van der Waals surface area contributed by atoms with Gasteiger partial charge in [0.2, 0.25) is 0 Å². The quantitative estimate of drug-likeness (QED) is 0.445. The van der Waals surface area contributed by atoms with Crippen LogP contribution in [-0.2, 0) is 26.0 Å². The van der Waals surface area contributed by atoms with Crippen molar-refractivity contribution in [3.63, 3.8) is 0 Å². The van der Waals surface area contributed by atoms with Crippen LogP contribution in [-0.4, -0.2) is 43.5 Å². The van der Waals surface area contributed by atoms with Gasteiger partial charge in [-0.1, -0.05) is 17.7 Å². The van der Waals surface area contributed by atoms with Crippen LogP contribution in [0, 0.1) is 5.82 Å². The second-order valence-electron chi connectivity index (χ2n) is 6.85. The Morgan fingerprint density at radius 2 is 2.03 bits per heavy atom. The standard InChI is InChI=1S/C19H20ClFN2O6S/c20-16-9-13(21)2-1-12(16)10-29-14-3-5-15(6-4-14)30(26,27)17-7-8-28-11-19(17,22)18(24)23-25/h1-6,9,17,25H,7-8,10-11,22H2,(H,23,24). The molecule has 0 aromatic heterocycles. The fourth-order valence-corrected chi connectivity index (χ4v) is 5.42. The van der Waals surface area contributed by atoms with Crippen molar-refractivity contribution in [2.24, 2.45) is 5.73 Å². The first-order valence-corrected chi connectivity index (χ1v) is 10.8. The zero-order chi connectivity index (χ0) is 21.9. The topological polar surface area (TPSA) is 128 Å². The zero-order valence-corrected chi connectivity index (χ0v) is 17.2. The number of sulfone groups is 1. The highest BCUT2D eigenvalue weighted by Crippen LogP contribution is 2.30. The minimum atomic E-state index is -4.02. The number of nitrogens with one attached hydrogen (secondary N) is 1. The van der Waals surface area contributed by atoms with E-state index in [1.165, 1.54) is 47.9 Å². The van der Waals surface area contributed by atoms with Crippen LogP contribution in [0.25, 0.3) is 0 Å². The number of hydrogen-bond acceptors (Lipinski definition) is 7. The van der Waals surface area contributed by atoms with Crippen LogP contribution in [0.1, 0.15) is 12.0 Å². The van der Waals surface area contributed by atoms with Crippen LogP contribution >= 0.6 is 11.6 Å². The molecule has 2 unspecified atom stereocenters. The first kappa shape index (κ1) is 22.4. The van der Waals surface area contributed by atoms with Crippen molar-refractivity contribution >= 4 is 27.3 Å². The molecular weight excluding hydrogens is 439 g/mol. The summed E-state index contributed by atoms with van der Waals surface area (Å²) in [4.78, 5) is 12.0. The average Bonchev–Trinajstić information content (AvgIpc) is 2.73. The van der Waals surface area contributed by atoms with Gasteiger partial charge in [-0.15, -0.1) is 0 Å². The van der Waals surface area contributed by atoms with Gasteiger partial charge in [0.05, 0.1) is 21.8 Å². The molecule has 2 aromatic rings. The smallest absolute Gasteiger partial charge is 0.267 e. The molecule has 30 heavy (non-hydrogen) atoms. The van der Waals surface area contributed by atoms with Gasteiger partial charge >= 0.3 is 0 Å². The Labute approximate surface area is 177 Å². The van der Waals surface area contributed by atoms with Crippen LogP contribution in [0.5, 0.6) is 5.75 Å². The van der Waals surface area contributed by atoms with Crippen LogP contribution < -0.4 is 16.0 Å². The number of carbonyl (C=O) groups is 1. The molecule has 0 aliphatic carbocycles. The molecule has 1 saturated heterocycles. The first-order valence-electron chi connectivity index (χ1n) is 8.90. The molecule has 8 nitrogen and oxygen atoms in total. The molecule has 1 heterocycles. The van der Waals surface area contributed by atoms with E-state index in [0.29, 0.717) is 11.3 Å². The summed E-state index contributed by atoms with van der Waals surface area (Å²) in [6.07, 6.45) is -0.00638. The Hall–Kier alpha value is -2.24. The predicted molar refractivity (Wildman–Crippen MR) is 105 cm³/mol. The lowest BCUT2D eigenvalue weighted by molar-refractivity contribution is -0.139. The minimum absolute atomic E-state index is 0.00638. The van der Waals surface area contributed by atoms with Crippen molar-refractivity contribution in [3.8, 4) is 5.75 Å². The molecule has 0 saturated carbocycles. The summed E-state index contributed by atoms with van der Waals surface area (Å²) in [5.41, 5.74) is 6.06. The first-order chi connectivity index (χ1) is 14.2. The lowest BCUT2D eigenvalue weighted by atomic mass is 9.92. The van der Waals surface area contributed by atoms with E-state index >= 15 is 0 Å². The van der Waals surface area contributed by atoms with Gasteiger partial charge < -0.3 is 15.2 Å². The molecule has 11 heteroatoms. The van der Waals surface area contributed by atoms with E-state index in [4.69, 9.17) is 32.0 Å². The number of rotatable bonds is 6. The number of halogens is 2. The molecule has 1 aliphatic rings. The summed E-state index contributed by atoms with van der Waals surface area (Å²) in [5, 5.41) is 7.89. The predicted octanol–water partition coefficient (Wildman–Crippen LogP) is 1.82. The van der Waals surface area contributed by atoms with E-state index in [9.17, 15) is 17.6 Å². The van der Waals surface area contributed by atoms with E-state index in [2.05, 4.69) is 0 Å². The number of amides is 1. The third kappa shape index (κ3) is 4.42. The highest BCUT2D eigenvalue weighted by Gasteiger charge is 2.51. The Morgan fingerprint density at radius 1 is 1.33 bits per heavy atom. The van der Waals surface area contributed by atoms with Gasteiger partial charge in [-0.2, -0.15) is 0 Å². The van der Waals surface area contributed by atoms with Gasteiger partial charge in [-0.3, -0.25) is 10.0 Å². The van der Waals surface area contributed by atoms with Crippen molar-refractivity contribution in [3.05, 3.63) is 58.9 Å². The molecule has 0 radical (unpaired) electrons. The maximum absolute atomic E-state index is 13.1. The van der Waals surface area contributed by atoms with Gasteiger partial charge in [-0.25, -0.2) is 18.3 Å². The normalized spacial score (nSPS) is 21.8. The van der Waals surface area contributed by atoms with Gasteiger partial charge in [0.1, 0.15) is 23.7 Å². The number of benzene rings is 2. The van der Waals surface area contributed by atoms with E-state index in [0.717, 1.165) is 0 Å². The molecule has 3 rings (SSSR count). The van der Waals surface area contributed by atoms with Crippen molar-refractivity contribution in [1.29, 1.82) is 0 Å². The Morgan fingerprint density at radius 3 is 2.67 bits per heavy atom. The molecular formula is C19H20ClFN2O6S. The Balaban J connectivity index is 1.78. The number of hydrogen-bond donors (Lipinski definition) is 3. The monoisotopic (exact) mass is 458 g/mol. The summed E-state index contributed by atoms with van der Waals surface area (Å²) < 4.78 is 50.1. The number of carbonyl (C=O) groups excluding carboxylic acids is 1. The summed E-state index contributed by atoms with van der Waals surface area (Å²) in [5.74, 6) is -1.13. The minimum Gasteiger partial charge on any atom is -0.489 e. The van der Waals surface area contributed by atoms with Crippen LogP contribution in [0.2, 0.25) is 5.02 Å². The maximum Gasteiger partial charge on any atom is 0.267 e. The highest BCUT2D eigenvalue weighted by molar-refractivity contribution is 7.92. The number of nitrogens with two attached hydrogens (primary N) is 1. The van der Waals surface area contributed by atoms with Gasteiger partial charge in [0.25, 0.3) is 5.91 Å². The summed E-state index contributed by atoms with van der Waals surface area (Å²) >= 11 is 5.96. The van der Waals surface area contributed by atoms with Gasteiger partial charge in [0.15, 0.2) is 9.84 Å². The molecule has 2 aromatic carbocycles. The van der Waals surface area contributed by atoms with Crippen molar-refractivity contribution in [2.45, 2.75) is 28.7 Å². The van der Waals surface area contributed by atoms with Crippen LogP contribution in [0.15, 0.2) is 47.4 Å². The zero-order valence-electron chi connectivity index (χ0n) is 15.7. The van der Waals surface area contributed by atoms with E-state index in [1.54, 1.807) is 0 Å². The fourth-order valence-electron chi connectivity index (χ4n) is 3.22. The van der Waals surface area contributed by atoms with Crippen molar-refractivity contribution < 1.29 is 32.3 Å². The third-order valence-corrected chi connectivity index (χ3v) is 7.59. The Bertz CT molecular complexity index is 1030.